The smallest absolute Gasteiger partial charge is 0.00275 e. The van der Waals surface area contributed by atoms with Gasteiger partial charge in [-0.3, -0.25) is 0 Å². The van der Waals surface area contributed by atoms with Crippen LogP contribution in [0.3, 0.4) is 0 Å². The van der Waals surface area contributed by atoms with Crippen LogP contribution < -0.4 is 12.3 Å². The van der Waals surface area contributed by atoms with E-state index in [1.165, 1.54) is 13.0 Å². The van der Waals surface area contributed by atoms with Gasteiger partial charge in [0.25, 0.3) is 0 Å². The summed E-state index contributed by atoms with van der Waals surface area (Å²) in [5.74, 6) is 0. The third kappa shape index (κ3) is 16.9. The van der Waals surface area contributed by atoms with Crippen molar-refractivity contribution in [2.24, 2.45) is 0 Å². The molecule has 0 bridgehead atoms. The van der Waals surface area contributed by atoms with Gasteiger partial charge in [-0.2, -0.15) is 0 Å². The van der Waals surface area contributed by atoms with Crippen LogP contribution in [0.1, 0.15) is 13.3 Å². The molecule has 0 aromatic carbocycles. The molecule has 0 aliphatic rings. The molecule has 0 aliphatic heterocycles. The maximum absolute atomic E-state index is 2.18. The van der Waals surface area contributed by atoms with E-state index >= 15 is 0 Å². The van der Waals surface area contributed by atoms with E-state index in [0.29, 0.717) is 0 Å². The van der Waals surface area contributed by atoms with Crippen molar-refractivity contribution in [3.63, 3.8) is 0 Å². The van der Waals surface area contributed by atoms with E-state index in [1.54, 1.807) is 0 Å². The lowest BCUT2D eigenvalue weighted by atomic mass is 10.5. The van der Waals surface area contributed by atoms with Crippen molar-refractivity contribution in [3.05, 3.63) is 0 Å². The monoisotopic (exact) mass is 121 g/mol. The van der Waals surface area contributed by atoms with Crippen molar-refractivity contribution in [1.29, 1.82) is 0 Å². The van der Waals surface area contributed by atoms with Crippen molar-refractivity contribution in [3.8, 4) is 0 Å². The standard InChI is InChI=1S/C5H13N.2H3N/c1-4-5-6(2)3;;/h4-5H2,1-3H3;2*1H3. The fourth-order valence-corrected chi connectivity index (χ4v) is 0.447. The van der Waals surface area contributed by atoms with E-state index in [0.717, 1.165) is 0 Å². The van der Waals surface area contributed by atoms with Gasteiger partial charge in [0, 0.05) is 0 Å². The molecule has 0 saturated heterocycles. The van der Waals surface area contributed by atoms with Gasteiger partial charge in [-0.1, -0.05) is 6.92 Å². The molecule has 0 aromatic rings. The first-order chi connectivity index (χ1) is 2.77. The number of hydrogen-bond acceptors (Lipinski definition) is 3. The summed E-state index contributed by atoms with van der Waals surface area (Å²) < 4.78 is 0. The van der Waals surface area contributed by atoms with E-state index in [-0.39, 0.29) is 12.3 Å². The fourth-order valence-electron chi connectivity index (χ4n) is 0.447. The van der Waals surface area contributed by atoms with Crippen LogP contribution in [0.2, 0.25) is 0 Å². The van der Waals surface area contributed by atoms with Gasteiger partial charge in [-0.25, -0.2) is 0 Å². The summed E-state index contributed by atoms with van der Waals surface area (Å²) in [6, 6.07) is 0. The zero-order valence-electron chi connectivity index (χ0n) is 6.28. The van der Waals surface area contributed by atoms with E-state index in [4.69, 9.17) is 0 Å². The highest BCUT2D eigenvalue weighted by molar-refractivity contribution is 4.34. The summed E-state index contributed by atoms with van der Waals surface area (Å²) in [5.41, 5.74) is 0. The number of nitrogens with zero attached hydrogens (tertiary/aromatic N) is 1. The van der Waals surface area contributed by atoms with E-state index in [9.17, 15) is 0 Å². The first kappa shape index (κ1) is 15.7. The second-order valence-corrected chi connectivity index (χ2v) is 1.80. The van der Waals surface area contributed by atoms with Gasteiger partial charge in [-0.15, -0.1) is 0 Å². The van der Waals surface area contributed by atoms with Crippen LogP contribution in [0.25, 0.3) is 0 Å². The van der Waals surface area contributed by atoms with Gasteiger partial charge in [0.2, 0.25) is 0 Å². The molecule has 54 valence electrons. The van der Waals surface area contributed by atoms with Crippen molar-refractivity contribution in [2.45, 2.75) is 13.3 Å². The second-order valence-electron chi connectivity index (χ2n) is 1.80. The normalized spacial score (nSPS) is 7.50. The summed E-state index contributed by atoms with van der Waals surface area (Å²) in [5, 5.41) is 0. The minimum Gasteiger partial charge on any atom is -0.344 e. The Morgan fingerprint density at radius 1 is 1.12 bits per heavy atom. The third-order valence-electron chi connectivity index (χ3n) is 0.671. The highest BCUT2D eigenvalue weighted by Gasteiger charge is 1.79. The Hall–Kier alpha value is -0.120. The van der Waals surface area contributed by atoms with Crippen LogP contribution in [-0.2, 0) is 0 Å². The highest BCUT2D eigenvalue weighted by Crippen LogP contribution is 1.76. The summed E-state index contributed by atoms with van der Waals surface area (Å²) in [6.07, 6.45) is 1.26. The second kappa shape index (κ2) is 9.99. The predicted molar refractivity (Wildman–Crippen MR) is 38.9 cm³/mol. The lowest BCUT2D eigenvalue weighted by Crippen LogP contribution is -2.11. The Bertz CT molecular complexity index is 28.9. The van der Waals surface area contributed by atoms with Crippen molar-refractivity contribution < 1.29 is 0 Å². The molecule has 0 rings (SSSR count). The molecule has 0 fully saturated rings. The predicted octanol–water partition coefficient (Wildman–Crippen LogP) is 1.28. The topological polar surface area (TPSA) is 73.2 Å². The van der Waals surface area contributed by atoms with Gasteiger partial charge in [0.1, 0.15) is 0 Å². The van der Waals surface area contributed by atoms with Crippen LogP contribution in [0.4, 0.5) is 0 Å². The average Bonchev–Trinajstić information content (AvgIpc) is 1.35. The SMILES string of the molecule is CCCN(C)C.N.N. The van der Waals surface area contributed by atoms with E-state index < -0.39 is 0 Å². The number of rotatable bonds is 2. The Morgan fingerprint density at radius 3 is 1.50 bits per heavy atom. The summed E-state index contributed by atoms with van der Waals surface area (Å²) in [6.45, 7) is 3.39. The van der Waals surface area contributed by atoms with Crippen molar-refractivity contribution >= 4 is 0 Å². The molecule has 0 aliphatic carbocycles. The van der Waals surface area contributed by atoms with Gasteiger partial charge in [0.15, 0.2) is 0 Å². The average molecular weight is 121 g/mol. The summed E-state index contributed by atoms with van der Waals surface area (Å²) >= 11 is 0. The zero-order chi connectivity index (χ0) is 4.99. The maximum Gasteiger partial charge on any atom is -0.00275 e. The molecule has 0 unspecified atom stereocenters. The zero-order valence-corrected chi connectivity index (χ0v) is 6.28. The van der Waals surface area contributed by atoms with E-state index in [2.05, 4.69) is 25.9 Å². The Balaban J connectivity index is -0.000000125. The number of hydrogen-bond donors (Lipinski definition) is 2. The lowest BCUT2D eigenvalue weighted by molar-refractivity contribution is 0.408. The van der Waals surface area contributed by atoms with Crippen LogP contribution in [-0.4, -0.2) is 25.5 Å². The molecule has 0 atom stereocenters. The molecule has 8 heavy (non-hydrogen) atoms. The molecule has 0 radical (unpaired) electrons. The van der Waals surface area contributed by atoms with Gasteiger partial charge in [-0.05, 0) is 27.1 Å². The van der Waals surface area contributed by atoms with Crippen LogP contribution in [0, 0.1) is 0 Å². The fraction of sp³-hybridized carbons (Fsp3) is 1.00. The van der Waals surface area contributed by atoms with Gasteiger partial charge in [0.05, 0.1) is 0 Å². The van der Waals surface area contributed by atoms with Gasteiger partial charge >= 0.3 is 0 Å². The Morgan fingerprint density at radius 2 is 1.50 bits per heavy atom. The van der Waals surface area contributed by atoms with Gasteiger partial charge < -0.3 is 17.2 Å². The molecule has 0 amide bonds. The first-order valence-corrected chi connectivity index (χ1v) is 2.42. The van der Waals surface area contributed by atoms with Crippen LogP contribution >= 0.6 is 0 Å². The molecular formula is C5H19N3. The molecule has 0 aromatic heterocycles. The minimum atomic E-state index is 0. The first-order valence-electron chi connectivity index (χ1n) is 2.42. The quantitative estimate of drug-likeness (QED) is 0.578. The summed E-state index contributed by atoms with van der Waals surface area (Å²) in [7, 11) is 4.17. The summed E-state index contributed by atoms with van der Waals surface area (Å²) in [4.78, 5) is 2.18. The largest absolute Gasteiger partial charge is 0.344 e. The lowest BCUT2D eigenvalue weighted by Gasteiger charge is -2.03. The van der Waals surface area contributed by atoms with Crippen LogP contribution in [0.15, 0.2) is 0 Å². The molecule has 3 heteroatoms. The van der Waals surface area contributed by atoms with Crippen molar-refractivity contribution in [2.75, 3.05) is 20.6 Å². The Labute approximate surface area is 52.2 Å². The molecule has 6 N–H and O–H groups in total. The van der Waals surface area contributed by atoms with Crippen LogP contribution in [0.5, 0.6) is 0 Å². The highest BCUT2D eigenvalue weighted by atomic mass is 15.0. The third-order valence-corrected chi connectivity index (χ3v) is 0.671. The maximum atomic E-state index is 2.18. The molecule has 3 nitrogen and oxygen atoms in total. The van der Waals surface area contributed by atoms with Crippen molar-refractivity contribution in [1.82, 2.24) is 17.2 Å². The Kier molecular flexibility index (Phi) is 19.6. The molecule has 0 spiro atoms. The molecule has 0 heterocycles. The minimum absolute atomic E-state index is 0. The molecular weight excluding hydrogens is 102 g/mol. The van der Waals surface area contributed by atoms with E-state index in [1.807, 2.05) is 0 Å². The molecule has 0 saturated carbocycles.